The van der Waals surface area contributed by atoms with Crippen LogP contribution in [-0.2, 0) is 37.2 Å². The van der Waals surface area contributed by atoms with Crippen molar-refractivity contribution in [1.29, 1.82) is 0 Å². The van der Waals surface area contributed by atoms with Crippen molar-refractivity contribution in [3.8, 4) is 11.1 Å². The Labute approximate surface area is 271 Å². The fourth-order valence-corrected chi connectivity index (χ4v) is 6.22. The van der Waals surface area contributed by atoms with Crippen LogP contribution >= 0.6 is 0 Å². The minimum absolute atomic E-state index is 0.159. The second-order valence-electron chi connectivity index (χ2n) is 12.1. The number of benzene rings is 3. The lowest BCUT2D eigenvalue weighted by Crippen LogP contribution is -2.36. The molecule has 1 saturated heterocycles. The van der Waals surface area contributed by atoms with Crippen LogP contribution in [0.5, 0.6) is 0 Å². The van der Waals surface area contributed by atoms with Gasteiger partial charge in [-0.1, -0.05) is 73.7 Å². The van der Waals surface area contributed by atoms with Crippen LogP contribution in [0.3, 0.4) is 0 Å². The van der Waals surface area contributed by atoms with Gasteiger partial charge in [-0.3, -0.25) is 4.90 Å². The summed E-state index contributed by atoms with van der Waals surface area (Å²) in [6.07, 6.45) is 1.64. The van der Waals surface area contributed by atoms with E-state index in [9.17, 15) is 4.79 Å². The maximum atomic E-state index is 12.7. The molecule has 3 aromatic carbocycles. The highest BCUT2D eigenvalue weighted by molar-refractivity contribution is 5.76. The zero-order valence-electron chi connectivity index (χ0n) is 27.2. The number of amides is 2. The number of fused-ring (bicyclic) bond motifs is 1. The molecule has 5 aromatic rings. The normalized spacial score (nSPS) is 13.6. The first-order valence-corrected chi connectivity index (χ1v) is 16.4. The summed E-state index contributed by atoms with van der Waals surface area (Å²) in [7, 11) is 0. The van der Waals surface area contributed by atoms with E-state index in [0.717, 1.165) is 90.6 Å². The molecular formula is C38H44N6O2. The fourth-order valence-electron chi connectivity index (χ4n) is 6.22. The van der Waals surface area contributed by atoms with Gasteiger partial charge in [-0.15, -0.1) is 0 Å². The Bertz CT molecular complexity index is 1780. The summed E-state index contributed by atoms with van der Waals surface area (Å²) in [5.41, 5.74) is 11.1. The van der Waals surface area contributed by atoms with Crippen LogP contribution in [0.2, 0.25) is 0 Å². The third-order valence-electron chi connectivity index (χ3n) is 8.69. The minimum Gasteiger partial charge on any atom is -0.379 e. The predicted molar refractivity (Wildman–Crippen MR) is 184 cm³/mol. The van der Waals surface area contributed by atoms with Crippen LogP contribution in [0.4, 0.5) is 4.79 Å². The second-order valence-corrected chi connectivity index (χ2v) is 12.1. The van der Waals surface area contributed by atoms with Crippen LogP contribution in [0, 0.1) is 13.8 Å². The lowest BCUT2D eigenvalue weighted by Gasteiger charge is -2.27. The first-order chi connectivity index (χ1) is 22.5. The van der Waals surface area contributed by atoms with E-state index in [1.807, 2.05) is 25.1 Å². The molecule has 3 heterocycles. The highest BCUT2D eigenvalue weighted by Crippen LogP contribution is 2.28. The van der Waals surface area contributed by atoms with Crippen molar-refractivity contribution in [2.24, 2.45) is 0 Å². The van der Waals surface area contributed by atoms with Gasteiger partial charge >= 0.3 is 6.03 Å². The van der Waals surface area contributed by atoms with Crippen molar-refractivity contribution in [3.05, 3.63) is 118 Å². The Morgan fingerprint density at radius 3 is 2.37 bits per heavy atom. The summed E-state index contributed by atoms with van der Waals surface area (Å²) in [6.45, 7) is 12.3. The largest absolute Gasteiger partial charge is 0.379 e. The lowest BCUT2D eigenvalue weighted by molar-refractivity contribution is 0.0342. The van der Waals surface area contributed by atoms with Gasteiger partial charge < -0.3 is 19.9 Å². The third kappa shape index (κ3) is 7.63. The van der Waals surface area contributed by atoms with Gasteiger partial charge in [0.2, 0.25) is 0 Å². The summed E-state index contributed by atoms with van der Waals surface area (Å²) in [6, 6.07) is 27.6. The number of imidazole rings is 1. The Hall–Kier alpha value is -4.53. The van der Waals surface area contributed by atoms with E-state index in [1.54, 1.807) is 0 Å². The standard InChI is InChI=1S/C38H44N6O2/c1-4-35-42-36-27(2)22-28(3)41-37(36)44(35)26-30-10-13-32(14-11-30)34-23-31(25-43-18-20-46-21-19-43)12-15-33(34)24-40-38(45)39-17-16-29-8-6-5-7-9-29/h5-15,22-23H,4,16-21,24-26H2,1-3H3,(H2,39,40,45). The molecule has 2 N–H and O–H groups in total. The molecule has 238 valence electrons. The minimum atomic E-state index is -0.159. The molecule has 46 heavy (non-hydrogen) atoms. The van der Waals surface area contributed by atoms with Crippen molar-refractivity contribution in [2.45, 2.75) is 53.2 Å². The maximum Gasteiger partial charge on any atom is 0.315 e. The fraction of sp³-hybridized carbons (Fsp3) is 0.342. The summed E-state index contributed by atoms with van der Waals surface area (Å²) < 4.78 is 7.81. The highest BCUT2D eigenvalue weighted by Gasteiger charge is 2.16. The summed E-state index contributed by atoms with van der Waals surface area (Å²) in [5.74, 6) is 1.05. The molecule has 0 spiro atoms. The van der Waals surface area contributed by atoms with Crippen LogP contribution in [0.25, 0.3) is 22.3 Å². The summed E-state index contributed by atoms with van der Waals surface area (Å²) in [5, 5.41) is 6.08. The predicted octanol–water partition coefficient (Wildman–Crippen LogP) is 6.20. The number of hydrogen-bond acceptors (Lipinski definition) is 5. The number of ether oxygens (including phenoxy) is 1. The zero-order chi connectivity index (χ0) is 31.9. The van der Waals surface area contributed by atoms with E-state index >= 15 is 0 Å². The number of carbonyl (C=O) groups excluding carboxylic acids is 1. The van der Waals surface area contributed by atoms with Gasteiger partial charge in [-0.05, 0) is 71.3 Å². The summed E-state index contributed by atoms with van der Waals surface area (Å²) in [4.78, 5) is 24.9. The Morgan fingerprint density at radius 2 is 1.61 bits per heavy atom. The lowest BCUT2D eigenvalue weighted by atomic mass is 9.96. The van der Waals surface area contributed by atoms with Crippen molar-refractivity contribution < 1.29 is 9.53 Å². The maximum absolute atomic E-state index is 12.7. The number of nitrogens with one attached hydrogen (secondary N) is 2. The number of rotatable bonds is 11. The van der Waals surface area contributed by atoms with E-state index in [0.29, 0.717) is 19.6 Å². The first kappa shape index (κ1) is 31.5. The number of urea groups is 1. The average molecular weight is 617 g/mol. The number of aromatic nitrogens is 3. The highest BCUT2D eigenvalue weighted by atomic mass is 16.5. The molecule has 0 saturated carbocycles. The molecule has 0 radical (unpaired) electrons. The first-order valence-electron chi connectivity index (χ1n) is 16.4. The van der Waals surface area contributed by atoms with Crippen molar-refractivity contribution in [1.82, 2.24) is 30.1 Å². The van der Waals surface area contributed by atoms with Crippen molar-refractivity contribution in [2.75, 3.05) is 32.8 Å². The van der Waals surface area contributed by atoms with Crippen LogP contribution in [0.15, 0.2) is 78.9 Å². The molecule has 8 nitrogen and oxygen atoms in total. The SMILES string of the molecule is CCc1nc2c(C)cc(C)nc2n1Cc1ccc(-c2cc(CN3CCOCC3)ccc2CNC(=O)NCCc2ccccc2)cc1. The van der Waals surface area contributed by atoms with Gasteiger partial charge in [0.15, 0.2) is 5.65 Å². The molecule has 0 unspecified atom stereocenters. The quantitative estimate of drug-likeness (QED) is 0.185. The van der Waals surface area contributed by atoms with Gasteiger partial charge in [-0.2, -0.15) is 0 Å². The number of morpholine rings is 1. The van der Waals surface area contributed by atoms with Gasteiger partial charge in [0.1, 0.15) is 11.3 Å². The van der Waals surface area contributed by atoms with Gasteiger partial charge in [0, 0.05) is 44.8 Å². The topological polar surface area (TPSA) is 84.3 Å². The summed E-state index contributed by atoms with van der Waals surface area (Å²) >= 11 is 0. The number of aryl methyl sites for hydroxylation is 3. The van der Waals surface area contributed by atoms with Crippen LogP contribution in [-0.4, -0.2) is 58.3 Å². The van der Waals surface area contributed by atoms with E-state index in [1.165, 1.54) is 16.7 Å². The number of carbonyl (C=O) groups is 1. The molecule has 2 amide bonds. The van der Waals surface area contributed by atoms with E-state index < -0.39 is 0 Å². The number of pyridine rings is 1. The molecule has 6 rings (SSSR count). The molecule has 2 aromatic heterocycles. The molecule has 1 aliphatic heterocycles. The van der Waals surface area contributed by atoms with Gasteiger partial charge in [0.05, 0.1) is 19.8 Å². The zero-order valence-corrected chi connectivity index (χ0v) is 27.2. The van der Waals surface area contributed by atoms with E-state index in [4.69, 9.17) is 14.7 Å². The molecule has 0 bridgehead atoms. The molecule has 0 atom stereocenters. The van der Waals surface area contributed by atoms with Crippen molar-refractivity contribution in [3.63, 3.8) is 0 Å². The smallest absolute Gasteiger partial charge is 0.315 e. The Kier molecular flexibility index (Phi) is 10.1. The number of nitrogens with zero attached hydrogens (tertiary/aromatic N) is 4. The van der Waals surface area contributed by atoms with Gasteiger partial charge in [-0.25, -0.2) is 14.8 Å². The molecular weight excluding hydrogens is 572 g/mol. The van der Waals surface area contributed by atoms with Crippen LogP contribution in [0.1, 0.15) is 46.3 Å². The molecule has 1 aliphatic rings. The second kappa shape index (κ2) is 14.7. The van der Waals surface area contributed by atoms with Gasteiger partial charge in [0.25, 0.3) is 0 Å². The number of hydrogen-bond donors (Lipinski definition) is 2. The Balaban J connectivity index is 1.20. The molecule has 1 fully saturated rings. The van der Waals surface area contributed by atoms with Crippen LogP contribution < -0.4 is 10.6 Å². The van der Waals surface area contributed by atoms with E-state index in [-0.39, 0.29) is 6.03 Å². The van der Waals surface area contributed by atoms with E-state index in [2.05, 4.69) is 94.6 Å². The molecule has 8 heteroatoms. The third-order valence-corrected chi connectivity index (χ3v) is 8.69. The monoisotopic (exact) mass is 616 g/mol. The average Bonchev–Trinajstić information content (AvgIpc) is 3.42. The Morgan fingerprint density at radius 1 is 0.848 bits per heavy atom. The molecule has 0 aliphatic carbocycles. The van der Waals surface area contributed by atoms with Crippen molar-refractivity contribution >= 4 is 17.2 Å².